The number of rotatable bonds is 3. The number of aromatic hydroxyl groups is 1. The molecule has 1 amide bonds. The second kappa shape index (κ2) is 15.3. The molecule has 0 fully saturated rings. The van der Waals surface area contributed by atoms with Crippen molar-refractivity contribution in [2.75, 3.05) is 0 Å². The summed E-state index contributed by atoms with van der Waals surface area (Å²) in [5, 5.41) is 25.7. The number of phenolic OH excluding ortho intramolecular Hbond substituents is 1. The summed E-state index contributed by atoms with van der Waals surface area (Å²) in [6.45, 7) is 2.39. The molecule has 1 aromatic heterocycles. The third-order valence-electron chi connectivity index (χ3n) is 2.35. The van der Waals surface area contributed by atoms with Gasteiger partial charge in [0.05, 0.1) is 24.4 Å². The van der Waals surface area contributed by atoms with Crippen LogP contribution in [-0.2, 0) is 26.4 Å². The molecule has 29 heavy (non-hydrogen) atoms. The van der Waals surface area contributed by atoms with E-state index in [-0.39, 0.29) is 33.5 Å². The van der Waals surface area contributed by atoms with Gasteiger partial charge in [-0.25, -0.2) is 0 Å². The summed E-state index contributed by atoms with van der Waals surface area (Å²) in [4.78, 5) is 31.7. The van der Waals surface area contributed by atoms with Gasteiger partial charge in [-0.2, -0.15) is 0 Å². The summed E-state index contributed by atoms with van der Waals surface area (Å²) in [5.41, 5.74) is 4.38. The number of phenols is 1. The first-order chi connectivity index (χ1) is 13.0. The van der Waals surface area contributed by atoms with E-state index in [2.05, 4.69) is 15.5 Å². The van der Waals surface area contributed by atoms with Crippen molar-refractivity contribution >= 4 is 47.3 Å². The third-order valence-corrected chi connectivity index (χ3v) is 2.85. The van der Waals surface area contributed by atoms with Crippen LogP contribution in [0, 0.1) is 0 Å². The predicted molar refractivity (Wildman–Crippen MR) is 108 cm³/mol. The van der Waals surface area contributed by atoms with Gasteiger partial charge in [-0.1, -0.05) is 23.2 Å². The summed E-state index contributed by atoms with van der Waals surface area (Å²) in [7, 11) is 0. The van der Waals surface area contributed by atoms with Gasteiger partial charge in [0.1, 0.15) is 5.75 Å². The average Bonchev–Trinajstić information content (AvgIpc) is 2.58. The SMILES string of the molecule is CC(=O)[OH2+].CC(=O)[OH2+].Oc1c(Cl)cc(Cl)cc1C=N[N-]C(=[OH+])c1ccncc1.[Co+2]. The van der Waals surface area contributed by atoms with Crippen LogP contribution in [0.1, 0.15) is 25.0 Å². The topological polar surface area (TPSA) is 161 Å². The van der Waals surface area contributed by atoms with E-state index in [1.807, 2.05) is 0 Å². The Hall–Kier alpha value is -2.66. The van der Waals surface area contributed by atoms with Gasteiger partial charge in [0, 0.05) is 38.8 Å². The van der Waals surface area contributed by atoms with Crippen molar-refractivity contribution in [3.8, 4) is 5.75 Å². The van der Waals surface area contributed by atoms with Gasteiger partial charge in [-0.05, 0) is 24.3 Å². The van der Waals surface area contributed by atoms with E-state index in [0.717, 1.165) is 0 Å². The van der Waals surface area contributed by atoms with E-state index in [0.29, 0.717) is 16.1 Å². The van der Waals surface area contributed by atoms with Crippen LogP contribution in [0.4, 0.5) is 0 Å². The van der Waals surface area contributed by atoms with Gasteiger partial charge in [0.2, 0.25) is 0 Å². The maximum absolute atomic E-state index is 9.70. The molecule has 2 rings (SSSR count). The number of benzene rings is 1. The molecule has 0 aliphatic heterocycles. The van der Waals surface area contributed by atoms with E-state index < -0.39 is 11.9 Å². The molecule has 157 valence electrons. The molecular weight excluding hydrogens is 472 g/mol. The molecule has 0 saturated carbocycles. The third kappa shape index (κ3) is 14.1. The Morgan fingerprint density at radius 2 is 1.66 bits per heavy atom. The van der Waals surface area contributed by atoms with Crippen LogP contribution in [0.15, 0.2) is 41.8 Å². The predicted octanol–water partition coefficient (Wildman–Crippen LogP) is 1.86. The molecule has 12 heteroatoms. The Bertz CT molecular complexity index is 831. The molecule has 6 N–H and O–H groups in total. The summed E-state index contributed by atoms with van der Waals surface area (Å²) in [6, 6.07) is 6.06. The molecule has 1 radical (unpaired) electrons. The minimum absolute atomic E-state index is 0. The van der Waals surface area contributed by atoms with Gasteiger partial charge in [-0.15, -0.1) is 0 Å². The van der Waals surface area contributed by atoms with Crippen molar-refractivity contribution in [2.24, 2.45) is 5.10 Å². The van der Waals surface area contributed by atoms with Crippen molar-refractivity contribution in [1.29, 1.82) is 0 Å². The number of amides is 1. The van der Waals surface area contributed by atoms with E-state index in [9.17, 15) is 9.90 Å². The number of halogens is 2. The first-order valence-electron chi connectivity index (χ1n) is 7.37. The Labute approximate surface area is 186 Å². The second-order valence-corrected chi connectivity index (χ2v) is 5.69. The normalized spacial score (nSPS) is 9.10. The van der Waals surface area contributed by atoms with Crippen molar-refractivity contribution < 1.29 is 46.5 Å². The van der Waals surface area contributed by atoms with Crippen LogP contribution < -0.4 is 0 Å². The Kier molecular flexibility index (Phi) is 15.0. The molecular formula is C17H19Cl2CoN3O6+4. The number of nitrogens with zero attached hydrogens (tertiary/aromatic N) is 3. The number of carbonyl (C=O) groups is 2. The van der Waals surface area contributed by atoms with Crippen molar-refractivity contribution in [2.45, 2.75) is 13.8 Å². The summed E-state index contributed by atoms with van der Waals surface area (Å²) < 4.78 is 0. The van der Waals surface area contributed by atoms with Crippen molar-refractivity contribution in [3.63, 3.8) is 0 Å². The summed E-state index contributed by atoms with van der Waals surface area (Å²) in [5.74, 6) is -1.59. The number of aromatic nitrogens is 1. The maximum Gasteiger partial charge on any atom is 2.00 e. The number of carbonyl (C=O) groups excluding carboxylic acids is 3. The molecule has 1 aromatic carbocycles. The fourth-order valence-corrected chi connectivity index (χ4v) is 1.90. The van der Waals surface area contributed by atoms with Crippen LogP contribution in [-0.4, -0.2) is 49.2 Å². The van der Waals surface area contributed by atoms with Gasteiger partial charge < -0.3 is 25.8 Å². The Morgan fingerprint density at radius 1 is 1.17 bits per heavy atom. The summed E-state index contributed by atoms with van der Waals surface area (Å²) >= 11 is 11.6. The average molecular weight is 491 g/mol. The largest absolute Gasteiger partial charge is 2.00 e. The number of pyridine rings is 1. The van der Waals surface area contributed by atoms with Gasteiger partial charge in [-0.3, -0.25) is 9.78 Å². The van der Waals surface area contributed by atoms with Crippen LogP contribution in [0.2, 0.25) is 10.0 Å². The van der Waals surface area contributed by atoms with Crippen molar-refractivity contribution in [3.05, 3.63) is 63.3 Å². The standard InChI is InChI=1S/C13H9Cl2N3O2.2C2H4O2.Co/c14-10-5-9(12(19)11(15)6-10)7-17-18-13(20)8-1-3-16-4-2-8;2*1-2(3)4;/h1-7H,(H2,16,17,18,19,20);2*1H3,(H,3,4);/q;;;+2/p+2. The number of hydrogen-bond donors (Lipinski definition) is 1. The fraction of sp³-hybridized carbons (Fsp3) is 0.118. The monoisotopic (exact) mass is 490 g/mol. The van der Waals surface area contributed by atoms with E-state index in [1.165, 1.54) is 44.6 Å². The zero-order valence-electron chi connectivity index (χ0n) is 15.2. The maximum atomic E-state index is 9.70. The fourth-order valence-electron chi connectivity index (χ4n) is 1.39. The first kappa shape index (κ1) is 28.5. The van der Waals surface area contributed by atoms with Crippen LogP contribution >= 0.6 is 23.2 Å². The van der Waals surface area contributed by atoms with Crippen LogP contribution in [0.3, 0.4) is 0 Å². The molecule has 0 spiro atoms. The molecule has 0 aliphatic rings. The van der Waals surface area contributed by atoms with Crippen LogP contribution in [0.5, 0.6) is 5.75 Å². The molecule has 1 heterocycles. The minimum Gasteiger partial charge on any atom is -0.565 e. The van der Waals surface area contributed by atoms with Crippen LogP contribution in [0.25, 0.3) is 5.43 Å². The zero-order chi connectivity index (χ0) is 21.7. The molecule has 0 atom stereocenters. The van der Waals surface area contributed by atoms with Gasteiger partial charge in [0.15, 0.2) is 0 Å². The zero-order valence-corrected chi connectivity index (χ0v) is 17.7. The molecule has 0 saturated heterocycles. The molecule has 2 aromatic rings. The molecule has 0 aliphatic carbocycles. The quantitative estimate of drug-likeness (QED) is 0.394. The molecule has 0 unspecified atom stereocenters. The van der Waals surface area contributed by atoms with E-state index in [4.69, 9.17) is 43.0 Å². The number of hydrogen-bond acceptors (Lipinski definition) is 5. The smallest absolute Gasteiger partial charge is 0.565 e. The molecule has 0 bridgehead atoms. The molecule has 9 nitrogen and oxygen atoms in total. The first-order valence-corrected chi connectivity index (χ1v) is 8.12. The van der Waals surface area contributed by atoms with Crippen molar-refractivity contribution in [1.82, 2.24) is 4.98 Å². The van der Waals surface area contributed by atoms with Gasteiger partial charge in [0.25, 0.3) is 5.91 Å². The van der Waals surface area contributed by atoms with Gasteiger partial charge >= 0.3 is 28.7 Å². The minimum atomic E-state index is -0.583. The Balaban J connectivity index is 0. The summed E-state index contributed by atoms with van der Waals surface area (Å²) in [6.07, 6.45) is 4.28. The van der Waals surface area contributed by atoms with E-state index in [1.54, 1.807) is 12.1 Å². The Morgan fingerprint density at radius 3 is 2.14 bits per heavy atom. The second-order valence-electron chi connectivity index (χ2n) is 4.84. The van der Waals surface area contributed by atoms with E-state index >= 15 is 0 Å².